The van der Waals surface area contributed by atoms with E-state index in [0.29, 0.717) is 10.7 Å². The lowest BCUT2D eigenvalue weighted by Crippen LogP contribution is -2.32. The maximum Gasteiger partial charge on any atom is 0.325 e. The quantitative estimate of drug-likeness (QED) is 0.757. The predicted molar refractivity (Wildman–Crippen MR) is 94.5 cm³/mol. The Balaban J connectivity index is 1.77. The van der Waals surface area contributed by atoms with Gasteiger partial charge in [0.1, 0.15) is 12.4 Å². The van der Waals surface area contributed by atoms with Gasteiger partial charge in [-0.2, -0.15) is 0 Å². The molecule has 8 heteroatoms. The van der Waals surface area contributed by atoms with Crippen molar-refractivity contribution in [3.05, 3.63) is 64.4 Å². The SMILES string of the molecule is Cc1ccc(NC(=O)COC(=O)CNC(=O)c2ccccc2F)c(Cl)c1. The fourth-order valence-electron chi connectivity index (χ4n) is 2.00. The summed E-state index contributed by atoms with van der Waals surface area (Å²) < 4.78 is 18.2. The molecule has 0 fully saturated rings. The molecule has 2 aromatic carbocycles. The van der Waals surface area contributed by atoms with Crippen LogP contribution in [0.2, 0.25) is 5.02 Å². The van der Waals surface area contributed by atoms with Crippen LogP contribution in [0.15, 0.2) is 42.5 Å². The van der Waals surface area contributed by atoms with Gasteiger partial charge >= 0.3 is 5.97 Å². The lowest BCUT2D eigenvalue weighted by atomic mass is 10.2. The molecule has 2 amide bonds. The first-order chi connectivity index (χ1) is 12.4. The first kappa shape index (κ1) is 19.4. The molecule has 0 saturated heterocycles. The van der Waals surface area contributed by atoms with Crippen molar-refractivity contribution in [2.45, 2.75) is 6.92 Å². The fourth-order valence-corrected chi connectivity index (χ4v) is 2.28. The number of rotatable bonds is 6. The maximum atomic E-state index is 13.4. The molecule has 0 atom stereocenters. The number of carbonyl (C=O) groups excluding carboxylic acids is 3. The summed E-state index contributed by atoms with van der Waals surface area (Å²) >= 11 is 5.99. The lowest BCUT2D eigenvalue weighted by Gasteiger charge is -2.09. The van der Waals surface area contributed by atoms with Crippen molar-refractivity contribution in [3.8, 4) is 0 Å². The molecular formula is C18H16ClFN2O4. The summed E-state index contributed by atoms with van der Waals surface area (Å²) in [6.07, 6.45) is 0. The van der Waals surface area contributed by atoms with Crippen molar-refractivity contribution >= 4 is 35.1 Å². The second-order valence-electron chi connectivity index (χ2n) is 5.35. The van der Waals surface area contributed by atoms with E-state index in [1.807, 2.05) is 6.92 Å². The minimum atomic E-state index is -0.833. The molecule has 0 aliphatic carbocycles. The molecule has 0 unspecified atom stereocenters. The minimum Gasteiger partial charge on any atom is -0.454 e. The number of halogens is 2. The molecule has 2 N–H and O–H groups in total. The normalized spacial score (nSPS) is 10.1. The van der Waals surface area contributed by atoms with Crippen LogP contribution in [-0.2, 0) is 14.3 Å². The summed E-state index contributed by atoms with van der Waals surface area (Å²) in [6, 6.07) is 10.4. The van der Waals surface area contributed by atoms with Crippen molar-refractivity contribution in [1.29, 1.82) is 0 Å². The number of benzene rings is 2. The predicted octanol–water partition coefficient (Wildman–Crippen LogP) is 2.70. The van der Waals surface area contributed by atoms with Crippen LogP contribution in [-0.4, -0.2) is 30.9 Å². The molecule has 26 heavy (non-hydrogen) atoms. The van der Waals surface area contributed by atoms with Crippen LogP contribution in [0.1, 0.15) is 15.9 Å². The van der Waals surface area contributed by atoms with Crippen LogP contribution in [0.25, 0.3) is 0 Å². The molecule has 0 bridgehead atoms. The number of anilines is 1. The summed E-state index contributed by atoms with van der Waals surface area (Å²) in [5, 5.41) is 5.09. The van der Waals surface area contributed by atoms with E-state index in [-0.39, 0.29) is 5.56 Å². The Morgan fingerprint density at radius 3 is 2.58 bits per heavy atom. The number of esters is 1. The fraction of sp³-hybridized carbons (Fsp3) is 0.167. The zero-order chi connectivity index (χ0) is 19.1. The minimum absolute atomic E-state index is 0.188. The maximum absolute atomic E-state index is 13.4. The molecule has 136 valence electrons. The van der Waals surface area contributed by atoms with Crippen LogP contribution in [0, 0.1) is 12.7 Å². The highest BCUT2D eigenvalue weighted by Crippen LogP contribution is 2.22. The third-order valence-corrected chi connectivity index (χ3v) is 3.59. The second-order valence-corrected chi connectivity index (χ2v) is 5.76. The van der Waals surface area contributed by atoms with Gasteiger partial charge in [-0.25, -0.2) is 4.39 Å². The number of hydrogen-bond donors (Lipinski definition) is 2. The Hall–Kier alpha value is -2.93. The van der Waals surface area contributed by atoms with Gasteiger partial charge in [-0.3, -0.25) is 14.4 Å². The lowest BCUT2D eigenvalue weighted by molar-refractivity contribution is -0.146. The van der Waals surface area contributed by atoms with Crippen molar-refractivity contribution in [2.24, 2.45) is 0 Å². The van der Waals surface area contributed by atoms with Gasteiger partial charge in [-0.05, 0) is 36.8 Å². The highest BCUT2D eigenvalue weighted by atomic mass is 35.5. The van der Waals surface area contributed by atoms with Gasteiger partial charge < -0.3 is 15.4 Å². The van der Waals surface area contributed by atoms with Crippen LogP contribution < -0.4 is 10.6 Å². The van der Waals surface area contributed by atoms with Gasteiger partial charge in [0.2, 0.25) is 0 Å². The molecule has 0 saturated carbocycles. The first-order valence-corrected chi connectivity index (χ1v) is 7.99. The first-order valence-electron chi connectivity index (χ1n) is 7.61. The van der Waals surface area contributed by atoms with E-state index >= 15 is 0 Å². The zero-order valence-electron chi connectivity index (χ0n) is 13.8. The van der Waals surface area contributed by atoms with Gasteiger partial charge in [0.15, 0.2) is 6.61 Å². The molecule has 0 radical (unpaired) electrons. The summed E-state index contributed by atoms with van der Waals surface area (Å²) in [5.41, 5.74) is 1.14. The molecule has 0 heterocycles. The van der Waals surface area contributed by atoms with Crippen molar-refractivity contribution in [1.82, 2.24) is 5.32 Å². The topological polar surface area (TPSA) is 84.5 Å². The van der Waals surface area contributed by atoms with Gasteiger partial charge in [-0.15, -0.1) is 0 Å². The molecule has 2 rings (SSSR count). The summed E-state index contributed by atoms with van der Waals surface area (Å²) in [4.78, 5) is 35.1. The number of amides is 2. The summed E-state index contributed by atoms with van der Waals surface area (Å²) in [6.45, 7) is 0.819. The summed E-state index contributed by atoms with van der Waals surface area (Å²) in [7, 11) is 0. The number of hydrogen-bond acceptors (Lipinski definition) is 4. The highest BCUT2D eigenvalue weighted by Gasteiger charge is 2.14. The number of nitrogens with one attached hydrogen (secondary N) is 2. The monoisotopic (exact) mass is 378 g/mol. The average Bonchev–Trinajstić information content (AvgIpc) is 2.60. The molecule has 2 aromatic rings. The van der Waals surface area contributed by atoms with Gasteiger partial charge in [0.25, 0.3) is 11.8 Å². The Bertz CT molecular complexity index is 842. The Kier molecular flexibility index (Phi) is 6.68. The van der Waals surface area contributed by atoms with Gasteiger partial charge in [0.05, 0.1) is 16.3 Å². The number of aryl methyl sites for hydroxylation is 1. The standard InChI is InChI=1S/C18H16ClFN2O4/c1-11-6-7-15(13(19)8-11)22-16(23)10-26-17(24)9-21-18(25)12-4-2-3-5-14(12)20/h2-8H,9-10H2,1H3,(H,21,25)(H,22,23). The third-order valence-electron chi connectivity index (χ3n) is 3.27. The molecular weight excluding hydrogens is 363 g/mol. The summed E-state index contributed by atoms with van der Waals surface area (Å²) in [5.74, 6) is -2.87. The molecule has 6 nitrogen and oxygen atoms in total. The van der Waals surface area contributed by atoms with Crippen molar-refractivity contribution in [3.63, 3.8) is 0 Å². The number of ether oxygens (including phenoxy) is 1. The van der Waals surface area contributed by atoms with E-state index in [0.717, 1.165) is 11.6 Å². The Morgan fingerprint density at radius 2 is 1.88 bits per heavy atom. The van der Waals surface area contributed by atoms with E-state index in [1.165, 1.54) is 18.2 Å². The van der Waals surface area contributed by atoms with Gasteiger partial charge in [-0.1, -0.05) is 29.8 Å². The molecule has 0 aliphatic heterocycles. The van der Waals surface area contributed by atoms with Crippen molar-refractivity contribution in [2.75, 3.05) is 18.5 Å². The number of carbonyl (C=O) groups is 3. The van der Waals surface area contributed by atoms with E-state index < -0.39 is 36.8 Å². The molecule has 0 aliphatic rings. The van der Waals surface area contributed by atoms with Crippen LogP contribution in [0.5, 0.6) is 0 Å². The van der Waals surface area contributed by atoms with Crippen LogP contribution in [0.4, 0.5) is 10.1 Å². The smallest absolute Gasteiger partial charge is 0.325 e. The highest BCUT2D eigenvalue weighted by molar-refractivity contribution is 6.33. The zero-order valence-corrected chi connectivity index (χ0v) is 14.6. The van der Waals surface area contributed by atoms with E-state index in [1.54, 1.807) is 18.2 Å². The van der Waals surface area contributed by atoms with Crippen molar-refractivity contribution < 1.29 is 23.5 Å². The van der Waals surface area contributed by atoms with Crippen LogP contribution >= 0.6 is 11.6 Å². The Labute approximate surface area is 154 Å². The second kappa shape index (κ2) is 8.96. The third kappa shape index (κ3) is 5.56. The largest absolute Gasteiger partial charge is 0.454 e. The van der Waals surface area contributed by atoms with Crippen LogP contribution in [0.3, 0.4) is 0 Å². The Morgan fingerprint density at radius 1 is 1.15 bits per heavy atom. The van der Waals surface area contributed by atoms with E-state index in [2.05, 4.69) is 10.6 Å². The molecule has 0 aromatic heterocycles. The molecule has 0 spiro atoms. The van der Waals surface area contributed by atoms with Gasteiger partial charge in [0, 0.05) is 0 Å². The van der Waals surface area contributed by atoms with E-state index in [9.17, 15) is 18.8 Å². The van der Waals surface area contributed by atoms with E-state index in [4.69, 9.17) is 16.3 Å². The average molecular weight is 379 g/mol.